The Labute approximate surface area is 198 Å². The number of nitrogens with zero attached hydrogens (tertiary/aromatic N) is 3. The minimum absolute atomic E-state index is 0. The second-order valence-corrected chi connectivity index (χ2v) is 10.5. The van der Waals surface area contributed by atoms with Crippen LogP contribution in [0.3, 0.4) is 0 Å². The fourth-order valence-corrected chi connectivity index (χ4v) is 6.68. The van der Waals surface area contributed by atoms with Gasteiger partial charge in [-0.1, -0.05) is 6.07 Å². The van der Waals surface area contributed by atoms with E-state index in [4.69, 9.17) is 4.74 Å². The zero-order chi connectivity index (χ0) is 22.0. The van der Waals surface area contributed by atoms with Crippen LogP contribution in [0.2, 0.25) is 0 Å². The van der Waals surface area contributed by atoms with Crippen LogP contribution in [-0.2, 0) is 23.3 Å². The van der Waals surface area contributed by atoms with E-state index in [1.807, 2.05) is 12.1 Å². The van der Waals surface area contributed by atoms with Gasteiger partial charge in [-0.3, -0.25) is 0 Å². The number of hydrogen-bond acceptors (Lipinski definition) is 5. The Hall–Kier alpha value is -2.81. The van der Waals surface area contributed by atoms with Gasteiger partial charge >= 0.3 is 0 Å². The molecular weight excluding hydrogens is 460 g/mol. The molecule has 7 nitrogen and oxygen atoms in total. The monoisotopic (exact) mass is 484 g/mol. The number of halogens is 1. The average molecular weight is 485 g/mol. The van der Waals surface area contributed by atoms with Crippen LogP contribution in [0.4, 0.5) is 0 Å². The molecule has 4 heterocycles. The third-order valence-electron chi connectivity index (χ3n) is 6.85. The molecule has 4 aromatic rings. The lowest BCUT2D eigenvalue weighted by Gasteiger charge is -2.23. The third kappa shape index (κ3) is 3.27. The first-order valence-electron chi connectivity index (χ1n) is 10.8. The second kappa shape index (κ2) is 7.90. The van der Waals surface area contributed by atoms with Gasteiger partial charge < -0.3 is 14.6 Å². The number of benzene rings is 2. The summed E-state index contributed by atoms with van der Waals surface area (Å²) in [6, 6.07) is 12.9. The summed E-state index contributed by atoms with van der Waals surface area (Å²) < 4.78 is 36.9. The molecule has 1 saturated heterocycles. The van der Waals surface area contributed by atoms with Crippen molar-refractivity contribution in [3.8, 4) is 11.4 Å². The summed E-state index contributed by atoms with van der Waals surface area (Å²) in [5.74, 6) is 0.581. The van der Waals surface area contributed by atoms with Gasteiger partial charge in [-0.25, -0.2) is 13.1 Å². The molecule has 0 saturated carbocycles. The summed E-state index contributed by atoms with van der Waals surface area (Å²) in [5, 5.41) is 8.86. The lowest BCUT2D eigenvalue weighted by molar-refractivity contribution is 0.416. The summed E-state index contributed by atoms with van der Waals surface area (Å²) in [6.07, 6.45) is 6.63. The molecule has 6 rings (SSSR count). The van der Waals surface area contributed by atoms with Gasteiger partial charge in [-0.15, -0.1) is 12.4 Å². The molecule has 0 aliphatic carbocycles. The van der Waals surface area contributed by atoms with Gasteiger partial charge in [-0.2, -0.15) is 5.10 Å². The van der Waals surface area contributed by atoms with E-state index in [9.17, 15) is 8.42 Å². The van der Waals surface area contributed by atoms with E-state index in [0.717, 1.165) is 30.2 Å². The smallest absolute Gasteiger partial charge is 0.206 e. The van der Waals surface area contributed by atoms with E-state index in [0.29, 0.717) is 17.5 Å². The molecule has 2 aromatic heterocycles. The lowest BCUT2D eigenvalue weighted by Crippen LogP contribution is -2.32. The van der Waals surface area contributed by atoms with Gasteiger partial charge in [0, 0.05) is 55.1 Å². The first-order valence-corrected chi connectivity index (χ1v) is 12.3. The lowest BCUT2D eigenvalue weighted by atomic mass is 9.99. The van der Waals surface area contributed by atoms with E-state index >= 15 is 0 Å². The second-order valence-electron chi connectivity index (χ2n) is 8.59. The minimum Gasteiger partial charge on any atom is -0.495 e. The number of hydrogen-bond donors (Lipinski definition) is 1. The third-order valence-corrected chi connectivity index (χ3v) is 8.58. The number of ether oxygens (including phenoxy) is 1. The molecular formula is C24H25ClN4O3S. The summed E-state index contributed by atoms with van der Waals surface area (Å²) in [7, 11) is -0.110. The first kappa shape index (κ1) is 22.0. The van der Waals surface area contributed by atoms with Gasteiger partial charge in [0.1, 0.15) is 5.75 Å². The van der Waals surface area contributed by atoms with Crippen molar-refractivity contribution < 1.29 is 13.2 Å². The summed E-state index contributed by atoms with van der Waals surface area (Å²) >= 11 is 0. The molecule has 1 N–H and O–H groups in total. The van der Waals surface area contributed by atoms with Crippen molar-refractivity contribution in [2.75, 3.05) is 7.11 Å². The maximum atomic E-state index is 13.7. The fourth-order valence-electron chi connectivity index (χ4n) is 5.34. The van der Waals surface area contributed by atoms with Crippen molar-refractivity contribution >= 4 is 33.1 Å². The zero-order valence-electron chi connectivity index (χ0n) is 18.4. The van der Waals surface area contributed by atoms with Crippen molar-refractivity contribution in [1.82, 2.24) is 19.7 Å². The minimum atomic E-state index is -3.76. The van der Waals surface area contributed by atoms with E-state index in [-0.39, 0.29) is 28.2 Å². The highest BCUT2D eigenvalue weighted by Gasteiger charge is 2.37. The van der Waals surface area contributed by atoms with Crippen LogP contribution in [0.15, 0.2) is 64.6 Å². The first-order chi connectivity index (χ1) is 15.5. The van der Waals surface area contributed by atoms with Gasteiger partial charge in [0.25, 0.3) is 0 Å². The molecule has 9 heteroatoms. The molecule has 2 bridgehead atoms. The number of aromatic nitrogens is 3. The number of aryl methyl sites for hydroxylation is 1. The number of sulfone groups is 1. The van der Waals surface area contributed by atoms with Crippen LogP contribution in [0.1, 0.15) is 30.1 Å². The van der Waals surface area contributed by atoms with Crippen molar-refractivity contribution in [2.24, 2.45) is 7.05 Å². The highest BCUT2D eigenvalue weighted by Crippen LogP contribution is 2.45. The van der Waals surface area contributed by atoms with Crippen LogP contribution >= 0.6 is 12.4 Å². The molecule has 2 aliphatic heterocycles. The topological polar surface area (TPSA) is 78.2 Å². The predicted molar refractivity (Wildman–Crippen MR) is 128 cm³/mol. The molecule has 33 heavy (non-hydrogen) atoms. The number of methoxy groups -OCH3 is 1. The Morgan fingerprint density at radius 1 is 1.12 bits per heavy atom. The molecule has 1 fully saturated rings. The van der Waals surface area contributed by atoms with Crippen LogP contribution in [0.25, 0.3) is 16.6 Å². The summed E-state index contributed by atoms with van der Waals surface area (Å²) in [5.41, 5.74) is 4.15. The van der Waals surface area contributed by atoms with Crippen molar-refractivity contribution in [1.29, 1.82) is 0 Å². The zero-order valence-corrected chi connectivity index (χ0v) is 20.0. The normalized spacial score (nSPS) is 19.3. The van der Waals surface area contributed by atoms with Crippen molar-refractivity contribution in [3.63, 3.8) is 0 Å². The number of fused-ring (bicyclic) bond motifs is 6. The maximum absolute atomic E-state index is 13.7. The molecule has 2 aliphatic rings. The highest BCUT2D eigenvalue weighted by atomic mass is 35.5. The fraction of sp³-hybridized carbons (Fsp3) is 0.292. The van der Waals surface area contributed by atoms with Gasteiger partial charge in [-0.05, 0) is 48.7 Å². The number of nitrogens with one attached hydrogen (secondary N) is 1. The highest BCUT2D eigenvalue weighted by molar-refractivity contribution is 7.91. The van der Waals surface area contributed by atoms with E-state index < -0.39 is 9.84 Å². The molecule has 0 amide bonds. The van der Waals surface area contributed by atoms with E-state index in [2.05, 4.69) is 22.0 Å². The van der Waals surface area contributed by atoms with Crippen LogP contribution in [0, 0.1) is 0 Å². The molecule has 2 aromatic carbocycles. The van der Waals surface area contributed by atoms with Gasteiger partial charge in [0.15, 0.2) is 0 Å². The average Bonchev–Trinajstić information content (AvgIpc) is 3.53. The predicted octanol–water partition coefficient (Wildman–Crippen LogP) is 3.98. The summed E-state index contributed by atoms with van der Waals surface area (Å²) in [4.78, 5) is 0.476. The summed E-state index contributed by atoms with van der Waals surface area (Å²) in [6.45, 7) is 0. The SMILES string of the molecule is COc1cc(S(=O)(=O)c2cccc(-n3cccn3)c2)cc2c3c(n(C)c12)CC1CCC3N1.Cl. The molecule has 2 unspecified atom stereocenters. The molecule has 2 atom stereocenters. The van der Waals surface area contributed by atoms with Gasteiger partial charge in [0.05, 0.1) is 28.1 Å². The Morgan fingerprint density at radius 3 is 2.73 bits per heavy atom. The Balaban J connectivity index is 0.00000228. The Bertz CT molecular complexity index is 1460. The van der Waals surface area contributed by atoms with Crippen LogP contribution < -0.4 is 10.1 Å². The van der Waals surface area contributed by atoms with Crippen molar-refractivity contribution in [3.05, 3.63) is 66.1 Å². The van der Waals surface area contributed by atoms with Crippen molar-refractivity contribution in [2.45, 2.75) is 41.1 Å². The van der Waals surface area contributed by atoms with Gasteiger partial charge in [0.2, 0.25) is 9.84 Å². The van der Waals surface area contributed by atoms with E-state index in [1.165, 1.54) is 11.3 Å². The standard InChI is InChI=1S/C24H24N4O3S.ClH/c1-27-21-11-15-7-8-20(26-15)23(21)19-13-18(14-22(31-2)24(19)27)32(29,30)17-6-3-5-16(12-17)28-10-4-9-25-28;/h3-6,9-10,12-15,20,26H,7-8,11H2,1-2H3;1H. The number of rotatable bonds is 4. The quantitative estimate of drug-likeness (QED) is 0.474. The van der Waals surface area contributed by atoms with E-state index in [1.54, 1.807) is 54.5 Å². The largest absolute Gasteiger partial charge is 0.495 e. The Morgan fingerprint density at radius 2 is 1.97 bits per heavy atom. The Kier molecular flexibility index (Phi) is 5.27. The molecule has 0 spiro atoms. The van der Waals surface area contributed by atoms with Crippen LogP contribution in [-0.4, -0.2) is 35.9 Å². The molecule has 172 valence electrons. The molecule has 0 radical (unpaired) electrons. The maximum Gasteiger partial charge on any atom is 0.206 e. The van der Waals surface area contributed by atoms with Crippen LogP contribution in [0.5, 0.6) is 5.75 Å².